The maximum atomic E-state index is 12.6. The van der Waals surface area contributed by atoms with Gasteiger partial charge in [-0.15, -0.1) is 11.3 Å². The van der Waals surface area contributed by atoms with E-state index in [0.29, 0.717) is 11.6 Å². The molecule has 13 heteroatoms. The fourth-order valence-corrected chi connectivity index (χ4v) is 6.07. The van der Waals surface area contributed by atoms with Gasteiger partial charge < -0.3 is 24.1 Å². The number of aryl methyl sites for hydroxylation is 2. The second-order valence-corrected chi connectivity index (χ2v) is 12.6. The molecular weight excluding hydrogens is 560 g/mol. The molecule has 0 spiro atoms. The van der Waals surface area contributed by atoms with Gasteiger partial charge in [0, 0.05) is 5.56 Å². The molecular formula is C29H34N6O6S. The van der Waals surface area contributed by atoms with Crippen LogP contribution in [0, 0.1) is 13.8 Å². The van der Waals surface area contributed by atoms with Gasteiger partial charge in [0.1, 0.15) is 35.8 Å². The van der Waals surface area contributed by atoms with Crippen molar-refractivity contribution in [3.8, 4) is 5.69 Å². The molecule has 1 amide bonds. The van der Waals surface area contributed by atoms with Crippen molar-refractivity contribution in [2.24, 2.45) is 0 Å². The Morgan fingerprint density at radius 1 is 1.12 bits per heavy atom. The van der Waals surface area contributed by atoms with Crippen molar-refractivity contribution >= 4 is 27.6 Å². The van der Waals surface area contributed by atoms with Crippen LogP contribution in [-0.4, -0.2) is 67.5 Å². The molecule has 6 rings (SSSR count). The predicted octanol–water partition coefficient (Wildman–Crippen LogP) is 3.81. The molecule has 12 nitrogen and oxygen atoms in total. The van der Waals surface area contributed by atoms with E-state index >= 15 is 0 Å². The highest BCUT2D eigenvalue weighted by Crippen LogP contribution is 2.39. The summed E-state index contributed by atoms with van der Waals surface area (Å²) in [6.07, 6.45) is -4.76. The zero-order chi connectivity index (χ0) is 29.6. The van der Waals surface area contributed by atoms with Crippen LogP contribution in [-0.2, 0) is 18.9 Å². The van der Waals surface area contributed by atoms with Gasteiger partial charge in [-0.05, 0) is 52.8 Å². The number of aromatic nitrogens is 4. The summed E-state index contributed by atoms with van der Waals surface area (Å²) in [6.45, 7) is 9.26. The van der Waals surface area contributed by atoms with Gasteiger partial charge in [0.05, 0.1) is 33.6 Å². The third-order valence-electron chi connectivity index (χ3n) is 6.94. The SMILES string of the molecule is Cc1nc([C@@H]2OC3COC(c4ccccc4)O[C@@H]3C(NNC(=O)OC(C)(C)C)C2O)n(-c2ccc3nc(C)sc3c2)n1. The molecule has 2 aliphatic rings. The first-order valence-electron chi connectivity index (χ1n) is 13.8. The summed E-state index contributed by atoms with van der Waals surface area (Å²) in [6, 6.07) is 14.5. The molecule has 6 atom stereocenters. The van der Waals surface area contributed by atoms with Gasteiger partial charge in [0.15, 0.2) is 12.1 Å². The van der Waals surface area contributed by atoms with Gasteiger partial charge in [0.2, 0.25) is 0 Å². The summed E-state index contributed by atoms with van der Waals surface area (Å²) in [5.74, 6) is 0.925. The van der Waals surface area contributed by atoms with Crippen molar-refractivity contribution in [3.05, 3.63) is 70.8 Å². The van der Waals surface area contributed by atoms with E-state index in [2.05, 4.69) is 25.9 Å². The maximum absolute atomic E-state index is 12.6. The van der Waals surface area contributed by atoms with Crippen LogP contribution in [0.1, 0.15) is 55.4 Å². The van der Waals surface area contributed by atoms with E-state index in [9.17, 15) is 9.90 Å². The van der Waals surface area contributed by atoms with E-state index in [1.54, 1.807) is 43.7 Å². The summed E-state index contributed by atoms with van der Waals surface area (Å²) in [4.78, 5) is 21.8. The van der Waals surface area contributed by atoms with E-state index in [0.717, 1.165) is 26.5 Å². The van der Waals surface area contributed by atoms with Crippen LogP contribution in [0.5, 0.6) is 0 Å². The average Bonchev–Trinajstić information content (AvgIpc) is 3.52. The molecule has 4 unspecified atom stereocenters. The van der Waals surface area contributed by atoms with Crippen molar-refractivity contribution in [3.63, 3.8) is 0 Å². The smallest absolute Gasteiger partial charge is 0.422 e. The molecule has 0 radical (unpaired) electrons. The predicted molar refractivity (Wildman–Crippen MR) is 154 cm³/mol. The minimum Gasteiger partial charge on any atom is -0.443 e. The number of hydrogen-bond acceptors (Lipinski definition) is 11. The monoisotopic (exact) mass is 594 g/mol. The molecule has 0 bridgehead atoms. The highest BCUT2D eigenvalue weighted by Gasteiger charge is 2.51. The molecule has 42 heavy (non-hydrogen) atoms. The molecule has 2 aromatic heterocycles. The summed E-state index contributed by atoms with van der Waals surface area (Å²) >= 11 is 1.59. The molecule has 4 aromatic rings. The van der Waals surface area contributed by atoms with Gasteiger partial charge in [-0.25, -0.2) is 24.9 Å². The summed E-state index contributed by atoms with van der Waals surface area (Å²) in [5.41, 5.74) is 7.32. The molecule has 2 aliphatic heterocycles. The molecule has 0 saturated carbocycles. The van der Waals surface area contributed by atoms with Crippen molar-refractivity contribution in [1.82, 2.24) is 30.6 Å². The zero-order valence-electron chi connectivity index (χ0n) is 24.0. The number of fused-ring (bicyclic) bond motifs is 2. The lowest BCUT2D eigenvalue weighted by molar-refractivity contribution is -0.313. The van der Waals surface area contributed by atoms with Crippen LogP contribution < -0.4 is 10.9 Å². The standard InChI is InChI=1S/C29H34N6O6S/c1-15-30-26(35(34-15)18-11-12-19-21(13-18)42-16(2)31-19)25-23(36)22(32-33-28(37)41-29(3,4)5)24-20(39-25)14-38-27(40-24)17-9-7-6-8-10-17/h6-13,20,22-25,27,32,36H,14H2,1-5H3,(H,33,37)/t20?,22?,23?,24-,25+,27?/m0/s1. The summed E-state index contributed by atoms with van der Waals surface area (Å²) in [5, 5.41) is 17.4. The maximum Gasteiger partial charge on any atom is 0.422 e. The number of thiazole rings is 1. The number of carbonyl (C=O) groups is 1. The lowest BCUT2D eigenvalue weighted by Gasteiger charge is -2.48. The lowest BCUT2D eigenvalue weighted by atomic mass is 9.91. The van der Waals surface area contributed by atoms with E-state index in [4.69, 9.17) is 18.9 Å². The number of carbonyl (C=O) groups excluding carboxylic acids is 1. The van der Waals surface area contributed by atoms with Crippen molar-refractivity contribution in [2.45, 2.75) is 77.0 Å². The van der Waals surface area contributed by atoms with Gasteiger partial charge in [-0.3, -0.25) is 5.43 Å². The second kappa shape index (κ2) is 11.3. The Bertz CT molecular complexity index is 1570. The van der Waals surface area contributed by atoms with Crippen molar-refractivity contribution < 1.29 is 28.8 Å². The Morgan fingerprint density at radius 2 is 1.90 bits per heavy atom. The first kappa shape index (κ1) is 28.6. The Hall–Kier alpha value is -3.46. The lowest BCUT2D eigenvalue weighted by Crippen LogP contribution is -2.66. The fraction of sp³-hybridized carbons (Fsp3) is 0.448. The first-order valence-corrected chi connectivity index (χ1v) is 14.6. The van der Waals surface area contributed by atoms with Gasteiger partial charge in [-0.2, -0.15) is 5.10 Å². The molecule has 0 aliphatic carbocycles. The molecule has 4 heterocycles. The third kappa shape index (κ3) is 5.89. The number of ether oxygens (including phenoxy) is 4. The normalized spacial score (nSPS) is 26.1. The second-order valence-electron chi connectivity index (χ2n) is 11.4. The number of rotatable bonds is 5. The Labute approximate surface area is 246 Å². The molecule has 222 valence electrons. The number of amides is 1. The minimum atomic E-state index is -1.20. The van der Waals surface area contributed by atoms with Crippen LogP contribution in [0.25, 0.3) is 15.9 Å². The largest absolute Gasteiger partial charge is 0.443 e. The number of nitrogens with one attached hydrogen (secondary N) is 2. The first-order chi connectivity index (χ1) is 20.1. The number of hydrazine groups is 1. The third-order valence-corrected chi connectivity index (χ3v) is 7.87. The average molecular weight is 595 g/mol. The number of hydrogen-bond donors (Lipinski definition) is 3. The van der Waals surface area contributed by atoms with Gasteiger partial charge >= 0.3 is 6.09 Å². The molecule has 3 N–H and O–H groups in total. The minimum absolute atomic E-state index is 0.192. The number of aliphatic hydroxyl groups is 1. The highest BCUT2D eigenvalue weighted by atomic mass is 32.1. The topological polar surface area (TPSA) is 142 Å². The Morgan fingerprint density at radius 3 is 2.67 bits per heavy atom. The van der Waals surface area contributed by atoms with Crippen LogP contribution in [0.4, 0.5) is 4.79 Å². The van der Waals surface area contributed by atoms with Crippen LogP contribution in [0.3, 0.4) is 0 Å². The van der Waals surface area contributed by atoms with E-state index in [1.165, 1.54) is 0 Å². The molecule has 2 saturated heterocycles. The highest BCUT2D eigenvalue weighted by molar-refractivity contribution is 7.18. The van der Waals surface area contributed by atoms with E-state index in [1.807, 2.05) is 55.5 Å². The van der Waals surface area contributed by atoms with Crippen LogP contribution >= 0.6 is 11.3 Å². The number of nitrogens with zero attached hydrogens (tertiary/aromatic N) is 4. The molecule has 2 aromatic carbocycles. The summed E-state index contributed by atoms with van der Waals surface area (Å²) in [7, 11) is 0. The van der Waals surface area contributed by atoms with Crippen LogP contribution in [0.15, 0.2) is 48.5 Å². The van der Waals surface area contributed by atoms with E-state index in [-0.39, 0.29) is 6.61 Å². The zero-order valence-corrected chi connectivity index (χ0v) is 24.8. The van der Waals surface area contributed by atoms with Crippen LogP contribution in [0.2, 0.25) is 0 Å². The van der Waals surface area contributed by atoms with E-state index < -0.39 is 48.4 Å². The van der Waals surface area contributed by atoms with Gasteiger partial charge in [-0.1, -0.05) is 30.3 Å². The number of benzene rings is 2. The quantitative estimate of drug-likeness (QED) is 0.292. The number of aliphatic hydroxyl groups excluding tert-OH is 1. The van der Waals surface area contributed by atoms with Crippen molar-refractivity contribution in [2.75, 3.05) is 6.61 Å². The fourth-order valence-electron chi connectivity index (χ4n) is 5.21. The molecule has 2 fully saturated rings. The van der Waals surface area contributed by atoms with Crippen molar-refractivity contribution in [1.29, 1.82) is 0 Å². The Balaban J connectivity index is 1.32. The Kier molecular flexibility index (Phi) is 7.72. The summed E-state index contributed by atoms with van der Waals surface area (Å²) < 4.78 is 26.9. The van der Waals surface area contributed by atoms with Gasteiger partial charge in [0.25, 0.3) is 0 Å².